The number of alkyl halides is 8. The van der Waals surface area contributed by atoms with E-state index in [4.69, 9.17) is 5.73 Å². The van der Waals surface area contributed by atoms with Gasteiger partial charge in [-0.25, -0.2) is 0 Å². The molecule has 0 aliphatic carbocycles. The molecule has 21 heavy (non-hydrogen) atoms. The predicted octanol–water partition coefficient (Wildman–Crippen LogP) is 4.92. The van der Waals surface area contributed by atoms with Crippen LogP contribution >= 0.6 is 24.2 Å². The molecule has 1 rings (SSSR count). The topological polar surface area (TPSA) is 26.0 Å². The number of nitrogens with two attached hydrogens (primary N) is 1. The van der Waals surface area contributed by atoms with Crippen molar-refractivity contribution in [1.29, 1.82) is 0 Å². The van der Waals surface area contributed by atoms with E-state index in [-0.39, 0.29) is 17.3 Å². The first-order valence-corrected chi connectivity index (χ1v) is 5.72. The Balaban J connectivity index is 0.00000400. The Hall–Kier alpha value is -0.740. The summed E-state index contributed by atoms with van der Waals surface area (Å²) in [6.45, 7) is 0. The first-order chi connectivity index (χ1) is 8.84. The van der Waals surface area contributed by atoms with Crippen LogP contribution in [0.5, 0.6) is 0 Å². The van der Waals surface area contributed by atoms with Crippen molar-refractivity contribution < 1.29 is 35.1 Å². The molecule has 0 saturated heterocycles. The zero-order valence-corrected chi connectivity index (χ0v) is 11.4. The minimum atomic E-state index is -5.84. The van der Waals surface area contributed by atoms with Gasteiger partial charge in [-0.05, 0) is 29.5 Å². The lowest BCUT2D eigenvalue weighted by Gasteiger charge is -2.26. The van der Waals surface area contributed by atoms with Crippen LogP contribution in [0.2, 0.25) is 0 Å². The normalized spacial score (nSPS) is 14.5. The zero-order valence-electron chi connectivity index (χ0n) is 9.80. The van der Waals surface area contributed by atoms with Gasteiger partial charge in [0.2, 0.25) is 0 Å². The Labute approximate surface area is 124 Å². The standard InChI is InChI=1S/C10H7F8NS.ClH/c11-8(12,9(13,14)15)7(19)5-1-3-6(4-2-5)20-10(16,17)18;/h1-4,7H,19H2;1H/t7-;/m0./s1. The molecule has 0 aliphatic rings. The number of hydrogen-bond donors (Lipinski definition) is 1. The van der Waals surface area contributed by atoms with Crippen LogP contribution in [0.4, 0.5) is 35.1 Å². The van der Waals surface area contributed by atoms with Crippen LogP contribution in [0.15, 0.2) is 29.2 Å². The van der Waals surface area contributed by atoms with Crippen molar-refractivity contribution in [3.63, 3.8) is 0 Å². The molecule has 0 fully saturated rings. The molecule has 2 N–H and O–H groups in total. The van der Waals surface area contributed by atoms with Gasteiger partial charge in [-0.2, -0.15) is 35.1 Å². The van der Waals surface area contributed by atoms with Crippen molar-refractivity contribution >= 4 is 24.2 Å². The smallest absolute Gasteiger partial charge is 0.319 e. The molecule has 0 spiro atoms. The number of halogens is 9. The van der Waals surface area contributed by atoms with Gasteiger partial charge >= 0.3 is 17.6 Å². The molecular weight excluding hydrogens is 354 g/mol. The SMILES string of the molecule is Cl.N[C@@H](c1ccc(SC(F)(F)F)cc1)C(F)(F)C(F)(F)F. The van der Waals surface area contributed by atoms with Gasteiger partial charge in [-0.3, -0.25) is 0 Å². The molecule has 0 aliphatic heterocycles. The molecular formula is C10H8ClF8NS. The van der Waals surface area contributed by atoms with Crippen LogP contribution in [0.1, 0.15) is 11.6 Å². The van der Waals surface area contributed by atoms with E-state index < -0.39 is 41.0 Å². The summed E-state index contributed by atoms with van der Waals surface area (Å²) in [4.78, 5) is -0.344. The van der Waals surface area contributed by atoms with Crippen LogP contribution in [0.25, 0.3) is 0 Å². The van der Waals surface area contributed by atoms with E-state index in [1.807, 2.05) is 0 Å². The third-order valence-corrected chi connectivity index (χ3v) is 2.98. The molecule has 0 saturated carbocycles. The molecule has 1 atom stereocenters. The first kappa shape index (κ1) is 20.3. The maximum atomic E-state index is 12.9. The van der Waals surface area contributed by atoms with Crippen LogP contribution < -0.4 is 5.73 Å². The highest BCUT2D eigenvalue weighted by atomic mass is 35.5. The van der Waals surface area contributed by atoms with Gasteiger partial charge in [0.15, 0.2) is 0 Å². The molecule has 0 aromatic heterocycles. The van der Waals surface area contributed by atoms with Gasteiger partial charge < -0.3 is 5.73 Å². The van der Waals surface area contributed by atoms with Crippen molar-refractivity contribution in [3.8, 4) is 0 Å². The van der Waals surface area contributed by atoms with Gasteiger partial charge in [0.25, 0.3) is 0 Å². The van der Waals surface area contributed by atoms with Crippen LogP contribution in [-0.4, -0.2) is 17.6 Å². The highest BCUT2D eigenvalue weighted by Gasteiger charge is 2.61. The van der Waals surface area contributed by atoms with E-state index in [1.54, 1.807) is 0 Å². The second kappa shape index (κ2) is 6.57. The maximum absolute atomic E-state index is 12.9. The molecule has 122 valence electrons. The molecule has 11 heteroatoms. The highest BCUT2D eigenvalue weighted by Crippen LogP contribution is 2.44. The second-order valence-corrected chi connectivity index (χ2v) is 4.85. The summed E-state index contributed by atoms with van der Waals surface area (Å²) >= 11 is -0.516. The van der Waals surface area contributed by atoms with Gasteiger partial charge in [-0.15, -0.1) is 12.4 Å². The van der Waals surface area contributed by atoms with Gasteiger partial charge in [0.05, 0.1) is 0 Å². The summed E-state index contributed by atoms with van der Waals surface area (Å²) in [6, 6.07) is 0.281. The van der Waals surface area contributed by atoms with E-state index in [0.717, 1.165) is 12.1 Å². The fraction of sp³-hybridized carbons (Fsp3) is 0.400. The fourth-order valence-electron chi connectivity index (χ4n) is 1.26. The van der Waals surface area contributed by atoms with E-state index in [2.05, 4.69) is 0 Å². The van der Waals surface area contributed by atoms with Crippen molar-refractivity contribution in [1.82, 2.24) is 0 Å². The summed E-state index contributed by atoms with van der Waals surface area (Å²) in [5.41, 5.74) is -0.359. The third-order valence-electron chi connectivity index (χ3n) is 2.24. The van der Waals surface area contributed by atoms with Crippen molar-refractivity contribution in [2.45, 2.75) is 28.5 Å². The predicted molar refractivity (Wildman–Crippen MR) is 63.5 cm³/mol. The molecule has 0 amide bonds. The molecule has 0 radical (unpaired) electrons. The van der Waals surface area contributed by atoms with Crippen LogP contribution in [-0.2, 0) is 0 Å². The summed E-state index contributed by atoms with van der Waals surface area (Å²) in [7, 11) is 0. The molecule has 1 nitrogen and oxygen atoms in total. The average Bonchev–Trinajstić information content (AvgIpc) is 2.25. The summed E-state index contributed by atoms with van der Waals surface area (Å²) in [5, 5.41) is 0. The number of thioether (sulfide) groups is 1. The van der Waals surface area contributed by atoms with E-state index in [0.29, 0.717) is 12.1 Å². The summed E-state index contributed by atoms with van der Waals surface area (Å²) in [5.74, 6) is -5.17. The van der Waals surface area contributed by atoms with Crippen LogP contribution in [0, 0.1) is 0 Å². The Kier molecular flexibility index (Phi) is 6.34. The van der Waals surface area contributed by atoms with E-state index >= 15 is 0 Å². The molecule has 0 bridgehead atoms. The zero-order chi connectivity index (χ0) is 15.8. The van der Waals surface area contributed by atoms with E-state index in [9.17, 15) is 35.1 Å². The molecule has 1 aromatic carbocycles. The third kappa shape index (κ3) is 5.19. The minimum absolute atomic E-state index is 0. The molecule has 0 unspecified atom stereocenters. The minimum Gasteiger partial charge on any atom is -0.319 e. The Morgan fingerprint density at radius 1 is 0.857 bits per heavy atom. The summed E-state index contributed by atoms with van der Waals surface area (Å²) in [6.07, 6.45) is -5.84. The Morgan fingerprint density at radius 2 is 1.29 bits per heavy atom. The second-order valence-electron chi connectivity index (χ2n) is 3.72. The molecule has 0 heterocycles. The van der Waals surface area contributed by atoms with Crippen molar-refractivity contribution in [2.75, 3.05) is 0 Å². The Morgan fingerprint density at radius 3 is 1.62 bits per heavy atom. The maximum Gasteiger partial charge on any atom is 0.455 e. The van der Waals surface area contributed by atoms with Crippen LogP contribution in [0.3, 0.4) is 0 Å². The lowest BCUT2D eigenvalue weighted by atomic mass is 10.0. The highest BCUT2D eigenvalue weighted by molar-refractivity contribution is 8.00. The van der Waals surface area contributed by atoms with E-state index in [1.165, 1.54) is 0 Å². The van der Waals surface area contributed by atoms with Gasteiger partial charge in [0, 0.05) is 4.90 Å². The average molecular weight is 362 g/mol. The first-order valence-electron chi connectivity index (χ1n) is 4.90. The fourth-order valence-corrected chi connectivity index (χ4v) is 1.80. The van der Waals surface area contributed by atoms with Crippen molar-refractivity contribution in [2.24, 2.45) is 5.73 Å². The largest absolute Gasteiger partial charge is 0.455 e. The lowest BCUT2D eigenvalue weighted by Crippen LogP contribution is -2.45. The van der Waals surface area contributed by atoms with Gasteiger partial charge in [-0.1, -0.05) is 12.1 Å². The Bertz CT molecular complexity index is 456. The quantitative estimate of drug-likeness (QED) is 0.611. The summed E-state index contributed by atoms with van der Waals surface area (Å²) < 4.78 is 98.2. The molecule has 1 aromatic rings. The monoisotopic (exact) mass is 361 g/mol. The van der Waals surface area contributed by atoms with Crippen molar-refractivity contribution in [3.05, 3.63) is 29.8 Å². The number of rotatable bonds is 3. The number of benzene rings is 1. The lowest BCUT2D eigenvalue weighted by molar-refractivity contribution is -0.291. The number of hydrogen-bond acceptors (Lipinski definition) is 2. The van der Waals surface area contributed by atoms with Gasteiger partial charge in [0.1, 0.15) is 6.04 Å².